The van der Waals surface area contributed by atoms with Crippen LogP contribution in [0.4, 0.5) is 0 Å². The van der Waals surface area contributed by atoms with Gasteiger partial charge in [0.15, 0.2) is 6.10 Å². The van der Waals surface area contributed by atoms with E-state index in [2.05, 4.69) is 26.0 Å². The first kappa shape index (κ1) is 53.8. The van der Waals surface area contributed by atoms with Crippen LogP contribution in [0.3, 0.4) is 0 Å². The summed E-state index contributed by atoms with van der Waals surface area (Å²) in [6, 6.07) is 0. The first-order valence-electron chi connectivity index (χ1n) is 23.2. The van der Waals surface area contributed by atoms with Crippen molar-refractivity contribution in [2.45, 2.75) is 238 Å². The topological polar surface area (TPSA) is 134 Å². The molecule has 0 saturated carbocycles. The van der Waals surface area contributed by atoms with Crippen LogP contribution in [0.1, 0.15) is 232 Å². The van der Waals surface area contributed by atoms with Crippen molar-refractivity contribution in [3.8, 4) is 0 Å². The summed E-state index contributed by atoms with van der Waals surface area (Å²) in [6.45, 7) is 3.76. The summed E-state index contributed by atoms with van der Waals surface area (Å²) in [5, 5.41) is 0. The Labute approximate surface area is 339 Å². The molecule has 3 N–H and O–H groups in total. The summed E-state index contributed by atoms with van der Waals surface area (Å²) in [7, 11) is -4.37. The van der Waals surface area contributed by atoms with Crippen LogP contribution in [0, 0.1) is 0 Å². The minimum Gasteiger partial charge on any atom is -0.462 e. The third kappa shape index (κ3) is 42.2. The first-order valence-corrected chi connectivity index (χ1v) is 24.7. The summed E-state index contributed by atoms with van der Waals surface area (Å²) in [6.07, 6.45) is 43.8. The zero-order chi connectivity index (χ0) is 40.3. The number of hydrogen-bond acceptors (Lipinski definition) is 8. The zero-order valence-corrected chi connectivity index (χ0v) is 36.8. The van der Waals surface area contributed by atoms with Gasteiger partial charge in [0.05, 0.1) is 13.2 Å². The van der Waals surface area contributed by atoms with Crippen molar-refractivity contribution in [2.75, 3.05) is 26.4 Å². The molecule has 0 aromatic carbocycles. The highest BCUT2D eigenvalue weighted by Crippen LogP contribution is 2.43. The number of unbranched alkanes of at least 4 members (excludes halogenated alkanes) is 29. The summed E-state index contributed by atoms with van der Waals surface area (Å²) in [5.74, 6) is -0.819. The van der Waals surface area contributed by atoms with Crippen molar-refractivity contribution in [3.05, 3.63) is 12.2 Å². The average molecular weight is 802 g/mol. The Morgan fingerprint density at radius 3 is 1.29 bits per heavy atom. The Bertz CT molecular complexity index is 917. The molecule has 10 heteroatoms. The fourth-order valence-corrected chi connectivity index (χ4v) is 7.45. The molecule has 0 amide bonds. The van der Waals surface area contributed by atoms with Gasteiger partial charge in [-0.15, -0.1) is 0 Å². The normalized spacial score (nSPS) is 13.3. The maximum atomic E-state index is 12.6. The minimum absolute atomic E-state index is 0.0560. The summed E-state index contributed by atoms with van der Waals surface area (Å²) < 4.78 is 32.8. The zero-order valence-electron chi connectivity index (χ0n) is 35.9. The van der Waals surface area contributed by atoms with Crippen LogP contribution in [0.25, 0.3) is 0 Å². The summed E-state index contributed by atoms with van der Waals surface area (Å²) in [4.78, 5) is 34.9. The molecule has 0 aromatic heterocycles. The first-order chi connectivity index (χ1) is 26.8. The highest BCUT2D eigenvalue weighted by Gasteiger charge is 2.26. The standard InChI is InChI=1S/C45H88NO8P/c1-3-5-7-9-11-13-15-17-18-19-20-21-22-23-24-26-28-30-32-34-36-38-45(48)54-43(42-53-55(49,50)52-40-39-46)41-51-44(47)37-35-33-31-29-27-25-16-14-12-10-8-6-4-2/h19-20,43H,3-18,21-42,46H2,1-2H3,(H,49,50)/b20-19-. The number of rotatable bonds is 44. The third-order valence-corrected chi connectivity index (χ3v) is 11.1. The summed E-state index contributed by atoms with van der Waals surface area (Å²) >= 11 is 0. The number of esters is 2. The molecular weight excluding hydrogens is 713 g/mol. The van der Waals surface area contributed by atoms with E-state index < -0.39 is 26.5 Å². The lowest BCUT2D eigenvalue weighted by molar-refractivity contribution is -0.161. The van der Waals surface area contributed by atoms with Gasteiger partial charge >= 0.3 is 19.8 Å². The van der Waals surface area contributed by atoms with Gasteiger partial charge in [0.2, 0.25) is 0 Å². The molecule has 0 aromatic rings. The number of carbonyl (C=O) groups excluding carboxylic acids is 2. The second kappa shape index (κ2) is 42.4. The SMILES string of the molecule is CCCCCCCCCC/C=C\CCCCCCCCCCCC(=O)OC(COC(=O)CCCCCCCCCCCCCCC)COP(=O)(O)OCCN. The predicted molar refractivity (Wildman–Crippen MR) is 229 cm³/mol. The molecule has 2 atom stereocenters. The van der Waals surface area contributed by atoms with Crippen LogP contribution in [0.15, 0.2) is 12.2 Å². The predicted octanol–water partition coefficient (Wildman–Crippen LogP) is 13.4. The Morgan fingerprint density at radius 1 is 0.527 bits per heavy atom. The highest BCUT2D eigenvalue weighted by molar-refractivity contribution is 7.47. The van der Waals surface area contributed by atoms with Crippen LogP contribution < -0.4 is 5.73 Å². The van der Waals surface area contributed by atoms with Crippen LogP contribution >= 0.6 is 7.82 Å². The minimum atomic E-state index is -4.37. The number of allylic oxidation sites excluding steroid dienone is 2. The van der Waals surface area contributed by atoms with Gasteiger partial charge in [-0.2, -0.15) is 0 Å². The van der Waals surface area contributed by atoms with Crippen LogP contribution in [-0.4, -0.2) is 49.3 Å². The molecule has 0 aliphatic carbocycles. The van der Waals surface area contributed by atoms with Gasteiger partial charge in [0, 0.05) is 19.4 Å². The Kier molecular flexibility index (Phi) is 41.4. The average Bonchev–Trinajstić information content (AvgIpc) is 3.17. The molecule has 0 radical (unpaired) electrons. The maximum absolute atomic E-state index is 12.6. The molecule has 0 aliphatic rings. The molecule has 2 unspecified atom stereocenters. The van der Waals surface area contributed by atoms with Gasteiger partial charge in [-0.1, -0.05) is 193 Å². The van der Waals surface area contributed by atoms with Crippen LogP contribution in [-0.2, 0) is 32.7 Å². The molecule has 326 valence electrons. The fourth-order valence-electron chi connectivity index (χ4n) is 6.69. The highest BCUT2D eigenvalue weighted by atomic mass is 31.2. The lowest BCUT2D eigenvalue weighted by atomic mass is 10.0. The smallest absolute Gasteiger partial charge is 0.462 e. The van der Waals surface area contributed by atoms with E-state index in [1.807, 2.05) is 0 Å². The van der Waals surface area contributed by atoms with Gasteiger partial charge in [-0.3, -0.25) is 18.6 Å². The van der Waals surface area contributed by atoms with Gasteiger partial charge in [0.25, 0.3) is 0 Å². The maximum Gasteiger partial charge on any atom is 0.472 e. The van der Waals surface area contributed by atoms with Crippen molar-refractivity contribution < 1.29 is 37.6 Å². The second-order valence-electron chi connectivity index (χ2n) is 15.6. The third-order valence-electron chi connectivity index (χ3n) is 10.2. The summed E-state index contributed by atoms with van der Waals surface area (Å²) in [5.41, 5.74) is 5.35. The Balaban J connectivity index is 4.05. The van der Waals surface area contributed by atoms with E-state index in [0.717, 1.165) is 38.5 Å². The van der Waals surface area contributed by atoms with E-state index in [9.17, 15) is 19.0 Å². The van der Waals surface area contributed by atoms with Gasteiger partial charge in [-0.05, 0) is 38.5 Å². The van der Waals surface area contributed by atoms with Gasteiger partial charge in [0.1, 0.15) is 6.61 Å². The van der Waals surface area contributed by atoms with E-state index in [4.69, 9.17) is 24.3 Å². The largest absolute Gasteiger partial charge is 0.472 e. The number of nitrogens with two attached hydrogens (primary N) is 1. The molecule has 0 spiro atoms. The van der Waals surface area contributed by atoms with E-state index >= 15 is 0 Å². The van der Waals surface area contributed by atoms with Crippen molar-refractivity contribution in [1.29, 1.82) is 0 Å². The molecule has 0 rings (SSSR count). The molecule has 55 heavy (non-hydrogen) atoms. The fraction of sp³-hybridized carbons (Fsp3) is 0.911. The van der Waals surface area contributed by atoms with Crippen molar-refractivity contribution in [3.63, 3.8) is 0 Å². The van der Waals surface area contributed by atoms with Gasteiger partial charge < -0.3 is 20.1 Å². The molecule has 0 saturated heterocycles. The Morgan fingerprint density at radius 2 is 0.891 bits per heavy atom. The lowest BCUT2D eigenvalue weighted by Crippen LogP contribution is -2.29. The quantitative estimate of drug-likeness (QED) is 0.0267. The molecule has 0 heterocycles. The van der Waals surface area contributed by atoms with Crippen LogP contribution in [0.5, 0.6) is 0 Å². The van der Waals surface area contributed by atoms with E-state index in [-0.39, 0.29) is 38.6 Å². The van der Waals surface area contributed by atoms with Gasteiger partial charge in [-0.25, -0.2) is 4.57 Å². The monoisotopic (exact) mass is 802 g/mol. The van der Waals surface area contributed by atoms with Crippen molar-refractivity contribution in [2.24, 2.45) is 5.73 Å². The van der Waals surface area contributed by atoms with E-state index in [0.29, 0.717) is 6.42 Å². The molecule has 0 aliphatic heterocycles. The molecule has 9 nitrogen and oxygen atoms in total. The molecule has 0 bridgehead atoms. The number of ether oxygens (including phenoxy) is 2. The van der Waals surface area contributed by atoms with Crippen LogP contribution in [0.2, 0.25) is 0 Å². The molecular formula is C45H88NO8P. The van der Waals surface area contributed by atoms with Crippen molar-refractivity contribution >= 4 is 19.8 Å². The van der Waals surface area contributed by atoms with E-state index in [1.54, 1.807) is 0 Å². The number of carbonyl (C=O) groups is 2. The lowest BCUT2D eigenvalue weighted by Gasteiger charge is -2.19. The second-order valence-corrected chi connectivity index (χ2v) is 17.1. The van der Waals surface area contributed by atoms with Crippen molar-refractivity contribution in [1.82, 2.24) is 0 Å². The Hall–Kier alpha value is -1.25. The number of hydrogen-bond donors (Lipinski definition) is 2. The van der Waals surface area contributed by atoms with E-state index in [1.165, 1.54) is 161 Å². The number of phosphoric acid groups is 1. The number of phosphoric ester groups is 1. The molecule has 0 fully saturated rings.